The Morgan fingerprint density at radius 2 is 1.94 bits per heavy atom. The molecular formula is C25H27N7O3. The summed E-state index contributed by atoms with van der Waals surface area (Å²) in [6.07, 6.45) is 6.98. The molecule has 2 atom stereocenters. The van der Waals surface area contributed by atoms with Gasteiger partial charge < -0.3 is 19.7 Å². The number of nitrogens with one attached hydrogen (secondary N) is 1. The third-order valence-corrected chi connectivity index (χ3v) is 7.11. The Bertz CT molecular complexity index is 1380. The lowest BCUT2D eigenvalue weighted by atomic mass is 9.89. The van der Waals surface area contributed by atoms with Crippen LogP contribution in [0, 0.1) is 0 Å². The number of fused-ring (bicyclic) bond motifs is 4. The number of carboxylic acids is 1. The molecule has 3 aliphatic rings. The van der Waals surface area contributed by atoms with Crippen LogP contribution in [0.1, 0.15) is 37.2 Å². The van der Waals surface area contributed by atoms with Gasteiger partial charge in [0, 0.05) is 54.2 Å². The maximum atomic E-state index is 11.2. The highest BCUT2D eigenvalue weighted by Crippen LogP contribution is 2.34. The monoisotopic (exact) mass is 473 g/mol. The summed E-state index contributed by atoms with van der Waals surface area (Å²) >= 11 is 0. The SMILES string of the molecule is CC(C)N1CC2CCC1CN2c1ccc(Nc2ncc(-c3coc(C(=O)O)c3)n3ncnc23)cc1. The number of carboxylic acid groups (broad SMARTS) is 1. The molecule has 2 N–H and O–H groups in total. The number of nitrogens with zero attached hydrogens (tertiary/aromatic N) is 6. The average molecular weight is 474 g/mol. The first-order valence-electron chi connectivity index (χ1n) is 11.9. The van der Waals surface area contributed by atoms with Gasteiger partial charge in [0.25, 0.3) is 0 Å². The molecule has 1 aromatic carbocycles. The minimum atomic E-state index is -1.13. The maximum absolute atomic E-state index is 11.2. The van der Waals surface area contributed by atoms with Crippen LogP contribution in [0.5, 0.6) is 0 Å². The van der Waals surface area contributed by atoms with E-state index in [-0.39, 0.29) is 5.76 Å². The second-order valence-corrected chi connectivity index (χ2v) is 9.49. The second kappa shape index (κ2) is 8.38. The topological polar surface area (TPSA) is 112 Å². The number of benzene rings is 1. The van der Waals surface area contributed by atoms with Gasteiger partial charge in [-0.15, -0.1) is 0 Å². The Morgan fingerprint density at radius 1 is 1.14 bits per heavy atom. The standard InChI is InChI=1S/C25H27N7O3/c1-15(2)30-11-20-8-7-19(30)12-31(20)18-5-3-17(4-6-18)29-23-24-27-14-28-32(24)21(10-26-23)16-9-22(25(33)34)35-13-16/h3-6,9-10,13-15,19-20H,7-8,11-12H2,1-2H3,(H,26,29)(H,33,34). The number of aromatic carboxylic acids is 1. The molecule has 0 amide bonds. The van der Waals surface area contributed by atoms with E-state index < -0.39 is 5.97 Å². The number of aromatic nitrogens is 4. The predicted molar refractivity (Wildman–Crippen MR) is 131 cm³/mol. The number of carbonyl (C=O) groups is 1. The number of rotatable bonds is 6. The highest BCUT2D eigenvalue weighted by Gasteiger charge is 2.39. The number of furan rings is 1. The van der Waals surface area contributed by atoms with Crippen molar-refractivity contribution in [2.75, 3.05) is 23.3 Å². The normalized spacial score (nSPS) is 20.1. The van der Waals surface area contributed by atoms with Gasteiger partial charge in [-0.05, 0) is 51.0 Å². The van der Waals surface area contributed by atoms with Crippen molar-refractivity contribution in [2.45, 2.75) is 44.8 Å². The van der Waals surface area contributed by atoms with Gasteiger partial charge in [0.1, 0.15) is 12.6 Å². The van der Waals surface area contributed by atoms with E-state index in [2.05, 4.69) is 68.3 Å². The zero-order valence-electron chi connectivity index (χ0n) is 19.6. The molecule has 10 heteroatoms. The highest BCUT2D eigenvalue weighted by molar-refractivity contribution is 5.86. The molecule has 4 aromatic rings. The summed E-state index contributed by atoms with van der Waals surface area (Å²) in [4.78, 5) is 25.2. The van der Waals surface area contributed by atoms with Crippen molar-refractivity contribution in [3.05, 3.63) is 54.9 Å². The van der Waals surface area contributed by atoms with Crippen molar-refractivity contribution < 1.29 is 14.3 Å². The third kappa shape index (κ3) is 3.79. The van der Waals surface area contributed by atoms with Crippen LogP contribution in [0.15, 0.2) is 53.5 Å². The Kier molecular flexibility index (Phi) is 5.18. The van der Waals surface area contributed by atoms with Crippen molar-refractivity contribution in [3.8, 4) is 11.3 Å². The molecular weight excluding hydrogens is 446 g/mol. The summed E-state index contributed by atoms with van der Waals surface area (Å²) in [5.74, 6) is -0.713. The van der Waals surface area contributed by atoms with Crippen LogP contribution in [-0.2, 0) is 0 Å². The molecule has 3 saturated heterocycles. The van der Waals surface area contributed by atoms with Gasteiger partial charge in [0.15, 0.2) is 11.5 Å². The lowest BCUT2D eigenvalue weighted by Gasteiger charge is -2.54. The van der Waals surface area contributed by atoms with E-state index in [4.69, 9.17) is 9.52 Å². The van der Waals surface area contributed by atoms with Crippen molar-refractivity contribution in [1.82, 2.24) is 24.5 Å². The van der Waals surface area contributed by atoms with Crippen LogP contribution in [0.25, 0.3) is 16.9 Å². The Hall–Kier alpha value is -3.92. The van der Waals surface area contributed by atoms with E-state index in [9.17, 15) is 4.79 Å². The molecule has 3 aromatic heterocycles. The smallest absolute Gasteiger partial charge is 0.371 e. The van der Waals surface area contributed by atoms with E-state index in [0.29, 0.717) is 40.8 Å². The number of piperidine rings is 2. The molecule has 180 valence electrons. The van der Waals surface area contributed by atoms with E-state index in [1.165, 1.54) is 37.2 Å². The van der Waals surface area contributed by atoms with Gasteiger partial charge in [-0.1, -0.05) is 0 Å². The predicted octanol–water partition coefficient (Wildman–Crippen LogP) is 3.89. The van der Waals surface area contributed by atoms with Gasteiger partial charge in [-0.25, -0.2) is 19.3 Å². The van der Waals surface area contributed by atoms with Gasteiger partial charge in [0.2, 0.25) is 5.76 Å². The van der Waals surface area contributed by atoms with Crippen LogP contribution in [0.3, 0.4) is 0 Å². The minimum Gasteiger partial charge on any atom is -0.475 e. The number of piperazine rings is 1. The van der Waals surface area contributed by atoms with E-state index in [1.54, 1.807) is 10.7 Å². The second-order valence-electron chi connectivity index (χ2n) is 9.49. The van der Waals surface area contributed by atoms with Crippen LogP contribution in [-0.4, -0.2) is 66.8 Å². The largest absolute Gasteiger partial charge is 0.475 e. The fraction of sp³-hybridized carbons (Fsp3) is 0.360. The molecule has 0 radical (unpaired) electrons. The zero-order chi connectivity index (χ0) is 24.1. The maximum Gasteiger partial charge on any atom is 0.371 e. The molecule has 6 heterocycles. The first-order valence-corrected chi connectivity index (χ1v) is 11.9. The first kappa shape index (κ1) is 21.6. The Morgan fingerprint density at radius 3 is 2.63 bits per heavy atom. The quantitative estimate of drug-likeness (QED) is 0.431. The zero-order valence-corrected chi connectivity index (χ0v) is 19.6. The molecule has 2 unspecified atom stereocenters. The van der Waals surface area contributed by atoms with Crippen molar-refractivity contribution >= 4 is 28.8 Å². The highest BCUT2D eigenvalue weighted by atomic mass is 16.4. The lowest BCUT2D eigenvalue weighted by molar-refractivity contribution is 0.0662. The van der Waals surface area contributed by atoms with Crippen molar-refractivity contribution in [3.63, 3.8) is 0 Å². The van der Waals surface area contributed by atoms with Gasteiger partial charge >= 0.3 is 5.97 Å². The van der Waals surface area contributed by atoms with Gasteiger partial charge in [0.05, 0.1) is 11.9 Å². The number of hydrogen-bond donors (Lipinski definition) is 2. The minimum absolute atomic E-state index is 0.144. The Labute approximate surface area is 202 Å². The van der Waals surface area contributed by atoms with E-state index in [1.807, 2.05) is 0 Å². The molecule has 3 aliphatic heterocycles. The van der Waals surface area contributed by atoms with Crippen molar-refractivity contribution in [1.29, 1.82) is 0 Å². The van der Waals surface area contributed by atoms with E-state index in [0.717, 1.165) is 18.8 Å². The molecule has 0 spiro atoms. The Balaban J connectivity index is 1.22. The van der Waals surface area contributed by atoms with Crippen LogP contribution < -0.4 is 10.2 Å². The number of anilines is 3. The fourth-order valence-corrected chi connectivity index (χ4v) is 5.37. The summed E-state index contributed by atoms with van der Waals surface area (Å²) in [7, 11) is 0. The summed E-state index contributed by atoms with van der Waals surface area (Å²) in [5, 5.41) is 16.8. The summed E-state index contributed by atoms with van der Waals surface area (Å²) in [5.41, 5.74) is 3.84. The first-order chi connectivity index (χ1) is 17.0. The van der Waals surface area contributed by atoms with Gasteiger partial charge in [-0.3, -0.25) is 4.90 Å². The molecule has 0 saturated carbocycles. The summed E-state index contributed by atoms with van der Waals surface area (Å²) < 4.78 is 6.73. The van der Waals surface area contributed by atoms with Crippen LogP contribution in [0.2, 0.25) is 0 Å². The fourth-order valence-electron chi connectivity index (χ4n) is 5.37. The summed E-state index contributed by atoms with van der Waals surface area (Å²) in [6, 6.07) is 11.7. The average Bonchev–Trinajstić information content (AvgIpc) is 3.56. The molecule has 35 heavy (non-hydrogen) atoms. The molecule has 3 fully saturated rings. The number of hydrogen-bond acceptors (Lipinski definition) is 8. The molecule has 7 rings (SSSR count). The molecule has 2 bridgehead atoms. The van der Waals surface area contributed by atoms with E-state index >= 15 is 0 Å². The van der Waals surface area contributed by atoms with Gasteiger partial charge in [-0.2, -0.15) is 5.10 Å². The van der Waals surface area contributed by atoms with Crippen molar-refractivity contribution in [2.24, 2.45) is 0 Å². The molecule has 10 nitrogen and oxygen atoms in total. The van der Waals surface area contributed by atoms with Crippen LogP contribution >= 0.6 is 0 Å². The summed E-state index contributed by atoms with van der Waals surface area (Å²) in [6.45, 7) is 6.80. The third-order valence-electron chi connectivity index (χ3n) is 7.11. The van der Waals surface area contributed by atoms with Crippen LogP contribution in [0.4, 0.5) is 17.2 Å². The lowest BCUT2D eigenvalue weighted by Crippen LogP contribution is -2.64. The molecule has 0 aliphatic carbocycles.